The van der Waals surface area contributed by atoms with Crippen LogP contribution in [0.15, 0.2) is 30.6 Å². The summed E-state index contributed by atoms with van der Waals surface area (Å²) < 4.78 is 0. The maximum atomic E-state index is 4.66. The second kappa shape index (κ2) is 7.71. The van der Waals surface area contributed by atoms with Gasteiger partial charge in [0.15, 0.2) is 0 Å². The molecule has 1 aliphatic heterocycles. The van der Waals surface area contributed by atoms with Crippen molar-refractivity contribution in [3.8, 4) is 0 Å². The fourth-order valence-electron chi connectivity index (χ4n) is 3.39. The fourth-order valence-corrected chi connectivity index (χ4v) is 3.39. The van der Waals surface area contributed by atoms with Crippen LogP contribution in [0, 0.1) is 12.8 Å². The summed E-state index contributed by atoms with van der Waals surface area (Å²) in [5.74, 6) is 1.45. The SMILES string of the molecule is Cc1cccc(C[C@@H]2CCCN(Cc3cnc(N(C)C)nc3)C2)n1. The molecule has 0 spiro atoms. The third-order valence-corrected chi connectivity index (χ3v) is 4.54. The number of aromatic nitrogens is 3. The molecule has 1 atom stereocenters. The van der Waals surface area contributed by atoms with E-state index in [4.69, 9.17) is 0 Å². The van der Waals surface area contributed by atoms with Crippen LogP contribution in [0.4, 0.5) is 5.95 Å². The molecule has 2 aromatic heterocycles. The number of aryl methyl sites for hydroxylation is 1. The van der Waals surface area contributed by atoms with Crippen LogP contribution in [0.3, 0.4) is 0 Å². The summed E-state index contributed by atoms with van der Waals surface area (Å²) in [6.07, 6.45) is 7.53. The Morgan fingerprint density at radius 2 is 2.00 bits per heavy atom. The van der Waals surface area contributed by atoms with Crippen LogP contribution in [0.1, 0.15) is 29.8 Å². The van der Waals surface area contributed by atoms with E-state index in [1.165, 1.54) is 24.1 Å². The lowest BCUT2D eigenvalue weighted by atomic mass is 9.93. The normalized spacial score (nSPS) is 18.5. The van der Waals surface area contributed by atoms with Crippen molar-refractivity contribution < 1.29 is 0 Å². The van der Waals surface area contributed by atoms with Gasteiger partial charge in [-0.1, -0.05) is 6.07 Å². The lowest BCUT2D eigenvalue weighted by molar-refractivity contribution is 0.166. The van der Waals surface area contributed by atoms with E-state index in [9.17, 15) is 0 Å². The number of pyridine rings is 1. The van der Waals surface area contributed by atoms with Gasteiger partial charge in [-0.15, -0.1) is 0 Å². The van der Waals surface area contributed by atoms with Crippen molar-refractivity contribution in [3.63, 3.8) is 0 Å². The van der Waals surface area contributed by atoms with Crippen LogP contribution in [0.25, 0.3) is 0 Å². The summed E-state index contributed by atoms with van der Waals surface area (Å²) in [4.78, 5) is 17.9. The van der Waals surface area contributed by atoms with Crippen LogP contribution in [0.2, 0.25) is 0 Å². The third kappa shape index (κ3) is 4.51. The summed E-state index contributed by atoms with van der Waals surface area (Å²) in [6, 6.07) is 6.33. The highest BCUT2D eigenvalue weighted by Gasteiger charge is 2.21. The average Bonchev–Trinajstić information content (AvgIpc) is 2.56. The van der Waals surface area contributed by atoms with Gasteiger partial charge in [-0.2, -0.15) is 0 Å². The Balaban J connectivity index is 1.57. The van der Waals surface area contributed by atoms with Gasteiger partial charge >= 0.3 is 0 Å². The zero-order valence-corrected chi connectivity index (χ0v) is 14.9. The molecule has 1 saturated heterocycles. The molecule has 3 rings (SSSR count). The van der Waals surface area contributed by atoms with E-state index in [2.05, 4.69) is 45.0 Å². The Morgan fingerprint density at radius 3 is 2.71 bits per heavy atom. The Kier molecular flexibility index (Phi) is 5.41. The van der Waals surface area contributed by atoms with E-state index in [0.717, 1.165) is 37.7 Å². The Labute approximate surface area is 144 Å². The van der Waals surface area contributed by atoms with Gasteiger partial charge < -0.3 is 4.90 Å². The van der Waals surface area contributed by atoms with Gasteiger partial charge in [0.25, 0.3) is 0 Å². The summed E-state index contributed by atoms with van der Waals surface area (Å²) >= 11 is 0. The summed E-state index contributed by atoms with van der Waals surface area (Å²) in [5, 5.41) is 0. The standard InChI is InChI=1S/C19H27N5/c1-15-6-4-8-18(22-15)10-16-7-5-9-24(13-16)14-17-11-20-19(21-12-17)23(2)3/h4,6,8,11-12,16H,5,7,9-10,13-14H2,1-3H3/t16-/m0/s1. The molecule has 3 heterocycles. The summed E-state index contributed by atoms with van der Waals surface area (Å²) in [7, 11) is 3.92. The van der Waals surface area contributed by atoms with E-state index < -0.39 is 0 Å². The van der Waals surface area contributed by atoms with Crippen molar-refractivity contribution in [1.82, 2.24) is 19.9 Å². The molecular weight excluding hydrogens is 298 g/mol. The maximum absolute atomic E-state index is 4.66. The molecule has 0 bridgehead atoms. The molecule has 5 heteroatoms. The quantitative estimate of drug-likeness (QED) is 0.846. The van der Waals surface area contributed by atoms with Crippen LogP contribution < -0.4 is 4.90 Å². The highest BCUT2D eigenvalue weighted by Crippen LogP contribution is 2.21. The number of nitrogens with zero attached hydrogens (tertiary/aromatic N) is 5. The first-order chi connectivity index (χ1) is 11.6. The number of anilines is 1. The highest BCUT2D eigenvalue weighted by atomic mass is 15.2. The minimum absolute atomic E-state index is 0.690. The van der Waals surface area contributed by atoms with Crippen molar-refractivity contribution >= 4 is 5.95 Å². The van der Waals surface area contributed by atoms with Crippen molar-refractivity contribution in [3.05, 3.63) is 47.5 Å². The van der Waals surface area contributed by atoms with Gasteiger partial charge in [-0.25, -0.2) is 9.97 Å². The molecule has 5 nitrogen and oxygen atoms in total. The average molecular weight is 325 g/mol. The second-order valence-electron chi connectivity index (χ2n) is 7.00. The minimum atomic E-state index is 0.690. The van der Waals surface area contributed by atoms with Crippen LogP contribution in [0.5, 0.6) is 0 Å². The van der Waals surface area contributed by atoms with E-state index in [0.29, 0.717) is 5.92 Å². The van der Waals surface area contributed by atoms with E-state index in [1.807, 2.05) is 31.4 Å². The van der Waals surface area contributed by atoms with E-state index in [-0.39, 0.29) is 0 Å². The zero-order valence-electron chi connectivity index (χ0n) is 14.9. The molecule has 0 aliphatic carbocycles. The Morgan fingerprint density at radius 1 is 1.21 bits per heavy atom. The molecule has 0 N–H and O–H groups in total. The van der Waals surface area contributed by atoms with E-state index in [1.54, 1.807) is 0 Å². The Bertz CT molecular complexity index is 653. The molecule has 1 aliphatic rings. The fraction of sp³-hybridized carbons (Fsp3) is 0.526. The molecule has 0 unspecified atom stereocenters. The first kappa shape index (κ1) is 16.8. The van der Waals surface area contributed by atoms with Crippen LogP contribution >= 0.6 is 0 Å². The summed E-state index contributed by atoms with van der Waals surface area (Å²) in [6.45, 7) is 5.29. The minimum Gasteiger partial charge on any atom is -0.347 e. The number of piperidine rings is 1. The lowest BCUT2D eigenvalue weighted by Crippen LogP contribution is -2.36. The van der Waals surface area contributed by atoms with Gasteiger partial charge in [0.05, 0.1) is 0 Å². The molecule has 0 amide bonds. The van der Waals surface area contributed by atoms with Crippen molar-refractivity contribution in [1.29, 1.82) is 0 Å². The molecule has 128 valence electrons. The molecule has 0 radical (unpaired) electrons. The van der Waals surface area contributed by atoms with E-state index >= 15 is 0 Å². The predicted octanol–water partition coefficient (Wildman–Crippen LogP) is 2.70. The number of hydrogen-bond donors (Lipinski definition) is 0. The zero-order chi connectivity index (χ0) is 16.9. The van der Waals surface area contributed by atoms with Crippen LogP contribution in [-0.4, -0.2) is 47.0 Å². The van der Waals surface area contributed by atoms with Crippen LogP contribution in [-0.2, 0) is 13.0 Å². The molecule has 0 saturated carbocycles. The predicted molar refractivity (Wildman–Crippen MR) is 97.0 cm³/mol. The lowest BCUT2D eigenvalue weighted by Gasteiger charge is -2.32. The van der Waals surface area contributed by atoms with Gasteiger partial charge in [-0.05, 0) is 50.8 Å². The molecule has 24 heavy (non-hydrogen) atoms. The summed E-state index contributed by atoms with van der Waals surface area (Å²) in [5.41, 5.74) is 3.52. The number of hydrogen-bond acceptors (Lipinski definition) is 5. The molecule has 1 fully saturated rings. The first-order valence-electron chi connectivity index (χ1n) is 8.73. The highest BCUT2D eigenvalue weighted by molar-refractivity contribution is 5.26. The monoisotopic (exact) mass is 325 g/mol. The van der Waals surface area contributed by atoms with Crippen molar-refractivity contribution in [2.24, 2.45) is 5.92 Å². The van der Waals surface area contributed by atoms with Crippen molar-refractivity contribution in [2.75, 3.05) is 32.1 Å². The molecule has 2 aromatic rings. The van der Waals surface area contributed by atoms with Crippen molar-refractivity contribution in [2.45, 2.75) is 32.7 Å². The first-order valence-corrected chi connectivity index (χ1v) is 8.73. The molecular formula is C19H27N5. The number of likely N-dealkylation sites (tertiary alicyclic amines) is 1. The topological polar surface area (TPSA) is 45.2 Å². The van der Waals surface area contributed by atoms with Gasteiger partial charge in [0, 0.05) is 56.5 Å². The van der Waals surface area contributed by atoms with Gasteiger partial charge in [-0.3, -0.25) is 9.88 Å². The largest absolute Gasteiger partial charge is 0.347 e. The van der Waals surface area contributed by atoms with Gasteiger partial charge in [0.1, 0.15) is 0 Å². The third-order valence-electron chi connectivity index (χ3n) is 4.54. The van der Waals surface area contributed by atoms with Gasteiger partial charge in [0.2, 0.25) is 5.95 Å². The number of rotatable bonds is 5. The Hall–Kier alpha value is -2.01. The second-order valence-corrected chi connectivity index (χ2v) is 7.00. The smallest absolute Gasteiger partial charge is 0.224 e. The molecule has 0 aromatic carbocycles. The maximum Gasteiger partial charge on any atom is 0.224 e.